The molecule has 0 bridgehead atoms. The van der Waals surface area contributed by atoms with Crippen LogP contribution in [0.15, 0.2) is 48.6 Å². The topological polar surface area (TPSA) is 54.0 Å². The predicted molar refractivity (Wildman–Crippen MR) is 166 cm³/mol. The maximum absolute atomic E-state index is 12.5. The third kappa shape index (κ3) is 10.2. The molecule has 0 saturated heterocycles. The fourth-order valence-electron chi connectivity index (χ4n) is 5.83. The van der Waals surface area contributed by atoms with Crippen molar-refractivity contribution in [2.24, 2.45) is 11.8 Å². The molecule has 0 spiro atoms. The second-order valence-electron chi connectivity index (χ2n) is 12.9. The van der Waals surface area contributed by atoms with Gasteiger partial charge < -0.3 is 18.6 Å². The standard InChI is InChI=1S/C33H56O5Si/c1-22(2)31(38-39(23(3)4,24(5)6)25(7)8)27(10)32(26(9)15-20-30(34)37-33(11,12)13)36-21-28-16-18-29(35-14)19-17-28/h15-20,23-27,31-32H,1,21H2,2-14H3/b20-15+/t26-,27+,31-,32-/m0/s1. The monoisotopic (exact) mass is 560 g/mol. The first-order valence-electron chi connectivity index (χ1n) is 14.4. The summed E-state index contributed by atoms with van der Waals surface area (Å²) < 4.78 is 24.7. The van der Waals surface area contributed by atoms with E-state index in [2.05, 4.69) is 68.9 Å². The Hall–Kier alpha value is -1.89. The van der Waals surface area contributed by atoms with Gasteiger partial charge in [0.05, 0.1) is 25.9 Å². The quantitative estimate of drug-likeness (QED) is 0.0928. The van der Waals surface area contributed by atoms with Crippen LogP contribution in [0.1, 0.15) is 88.6 Å². The van der Waals surface area contributed by atoms with Crippen molar-refractivity contribution in [3.05, 3.63) is 54.1 Å². The van der Waals surface area contributed by atoms with E-state index in [1.807, 2.05) is 51.1 Å². The molecule has 0 heterocycles. The van der Waals surface area contributed by atoms with Gasteiger partial charge in [-0.3, -0.25) is 0 Å². The Labute approximate surface area is 240 Å². The summed E-state index contributed by atoms with van der Waals surface area (Å²) >= 11 is 0. The maximum atomic E-state index is 12.5. The van der Waals surface area contributed by atoms with Crippen LogP contribution in [0.5, 0.6) is 5.75 Å². The summed E-state index contributed by atoms with van der Waals surface area (Å²) in [5.74, 6) is 0.395. The van der Waals surface area contributed by atoms with Crippen LogP contribution in [-0.2, 0) is 25.3 Å². The zero-order chi connectivity index (χ0) is 30.1. The fraction of sp³-hybridized carbons (Fsp3) is 0.667. The Morgan fingerprint density at radius 2 is 1.46 bits per heavy atom. The first-order valence-corrected chi connectivity index (χ1v) is 16.6. The minimum Gasteiger partial charge on any atom is -0.497 e. The van der Waals surface area contributed by atoms with Crippen molar-refractivity contribution in [2.75, 3.05) is 7.11 Å². The lowest BCUT2D eigenvalue weighted by Gasteiger charge is -2.47. The number of hydrogen-bond donors (Lipinski definition) is 0. The van der Waals surface area contributed by atoms with E-state index in [0.29, 0.717) is 23.2 Å². The molecule has 0 aromatic heterocycles. The SMILES string of the molecule is C=C(C)[C@H](O[Si](C(C)C)(C(C)C)C(C)C)[C@@H](C)[C@@H](OCc1ccc(OC)cc1)[C@@H](C)/C=C/C(=O)OC(C)(C)C. The van der Waals surface area contributed by atoms with Gasteiger partial charge in [-0.25, -0.2) is 4.79 Å². The molecule has 0 N–H and O–H groups in total. The fourth-order valence-corrected chi connectivity index (χ4v) is 11.5. The first-order chi connectivity index (χ1) is 18.0. The van der Waals surface area contributed by atoms with E-state index in [-0.39, 0.29) is 30.0 Å². The molecular formula is C33H56O5Si. The van der Waals surface area contributed by atoms with Crippen molar-refractivity contribution >= 4 is 14.3 Å². The van der Waals surface area contributed by atoms with Gasteiger partial charge in [0.2, 0.25) is 8.32 Å². The first kappa shape index (κ1) is 35.1. The molecule has 0 fully saturated rings. The lowest BCUT2D eigenvalue weighted by Crippen LogP contribution is -2.53. The summed E-state index contributed by atoms with van der Waals surface area (Å²) in [4.78, 5) is 12.5. The van der Waals surface area contributed by atoms with Gasteiger partial charge in [0.1, 0.15) is 11.4 Å². The van der Waals surface area contributed by atoms with Crippen LogP contribution in [0.4, 0.5) is 0 Å². The van der Waals surface area contributed by atoms with Crippen molar-refractivity contribution < 1.29 is 23.4 Å². The average molecular weight is 561 g/mol. The number of hydrogen-bond acceptors (Lipinski definition) is 5. The van der Waals surface area contributed by atoms with Crippen molar-refractivity contribution in [3.63, 3.8) is 0 Å². The zero-order valence-electron chi connectivity index (χ0n) is 27.0. The van der Waals surface area contributed by atoms with E-state index < -0.39 is 13.9 Å². The molecule has 0 saturated carbocycles. The van der Waals surface area contributed by atoms with E-state index in [1.54, 1.807) is 7.11 Å². The highest BCUT2D eigenvalue weighted by Crippen LogP contribution is 2.45. The predicted octanol–water partition coefficient (Wildman–Crippen LogP) is 8.89. The van der Waals surface area contributed by atoms with Crippen LogP contribution in [-0.4, -0.2) is 39.2 Å². The third-order valence-electron chi connectivity index (χ3n) is 7.58. The van der Waals surface area contributed by atoms with Gasteiger partial charge in [-0.05, 0) is 62.0 Å². The van der Waals surface area contributed by atoms with Crippen LogP contribution >= 0.6 is 0 Å². The molecule has 222 valence electrons. The Balaban J connectivity index is 3.39. The highest BCUT2D eigenvalue weighted by atomic mass is 28.4. The number of esters is 1. The van der Waals surface area contributed by atoms with Gasteiger partial charge in [0, 0.05) is 17.9 Å². The lowest BCUT2D eigenvalue weighted by molar-refractivity contribution is -0.148. The van der Waals surface area contributed by atoms with Crippen LogP contribution in [0.2, 0.25) is 16.6 Å². The molecule has 1 rings (SSSR count). The average Bonchev–Trinajstić information content (AvgIpc) is 2.81. The zero-order valence-corrected chi connectivity index (χ0v) is 28.0. The van der Waals surface area contributed by atoms with E-state index >= 15 is 0 Å². The number of ether oxygens (including phenoxy) is 3. The molecule has 39 heavy (non-hydrogen) atoms. The second kappa shape index (κ2) is 15.2. The number of carbonyl (C=O) groups is 1. The van der Waals surface area contributed by atoms with Crippen LogP contribution in [0.25, 0.3) is 0 Å². The van der Waals surface area contributed by atoms with E-state index in [9.17, 15) is 4.79 Å². The van der Waals surface area contributed by atoms with Gasteiger partial charge in [-0.1, -0.05) is 85.8 Å². The highest BCUT2D eigenvalue weighted by molar-refractivity contribution is 6.77. The summed E-state index contributed by atoms with van der Waals surface area (Å²) in [5, 5.41) is 0. The number of rotatable bonds is 15. The Morgan fingerprint density at radius 3 is 1.87 bits per heavy atom. The molecule has 1 aromatic rings. The van der Waals surface area contributed by atoms with Crippen LogP contribution in [0.3, 0.4) is 0 Å². The minimum atomic E-state index is -2.18. The van der Waals surface area contributed by atoms with Crippen molar-refractivity contribution in [1.82, 2.24) is 0 Å². The smallest absolute Gasteiger partial charge is 0.330 e. The summed E-state index contributed by atoms with van der Waals surface area (Å²) in [6, 6.07) is 7.92. The number of methoxy groups -OCH3 is 1. The molecule has 0 radical (unpaired) electrons. The summed E-state index contributed by atoms with van der Waals surface area (Å²) in [7, 11) is -0.519. The minimum absolute atomic E-state index is 0.00200. The molecule has 5 nitrogen and oxygen atoms in total. The van der Waals surface area contributed by atoms with Crippen LogP contribution < -0.4 is 4.74 Å². The van der Waals surface area contributed by atoms with Gasteiger partial charge in [-0.2, -0.15) is 0 Å². The normalized spacial score (nSPS) is 16.0. The third-order valence-corrected chi connectivity index (χ3v) is 13.7. The molecule has 0 aliphatic rings. The summed E-state index contributed by atoms with van der Waals surface area (Å²) in [5.41, 5.74) is 2.88. The van der Waals surface area contributed by atoms with Crippen LogP contribution in [0, 0.1) is 11.8 Å². The molecular weight excluding hydrogens is 504 g/mol. The number of carbonyl (C=O) groups excluding carboxylic acids is 1. The lowest BCUT2D eigenvalue weighted by atomic mass is 9.86. The molecule has 0 amide bonds. The van der Waals surface area contributed by atoms with E-state index in [0.717, 1.165) is 16.9 Å². The van der Waals surface area contributed by atoms with Gasteiger partial charge in [-0.15, -0.1) is 0 Å². The summed E-state index contributed by atoms with van der Waals surface area (Å²) in [6.45, 7) is 30.6. The molecule has 1 aromatic carbocycles. The van der Waals surface area contributed by atoms with Crippen molar-refractivity contribution in [2.45, 2.75) is 124 Å². The largest absolute Gasteiger partial charge is 0.497 e. The van der Waals surface area contributed by atoms with Gasteiger partial charge in [0.15, 0.2) is 0 Å². The van der Waals surface area contributed by atoms with Gasteiger partial charge in [0.25, 0.3) is 0 Å². The molecule has 0 aliphatic carbocycles. The molecule has 0 aliphatic heterocycles. The van der Waals surface area contributed by atoms with Gasteiger partial charge >= 0.3 is 5.97 Å². The van der Waals surface area contributed by atoms with E-state index in [1.165, 1.54) is 6.08 Å². The Bertz CT molecular complexity index is 905. The Morgan fingerprint density at radius 1 is 0.949 bits per heavy atom. The van der Waals surface area contributed by atoms with Crippen molar-refractivity contribution in [1.29, 1.82) is 0 Å². The Kier molecular flexibility index (Phi) is 13.7. The molecule has 4 atom stereocenters. The maximum Gasteiger partial charge on any atom is 0.330 e. The van der Waals surface area contributed by atoms with E-state index in [4.69, 9.17) is 18.6 Å². The van der Waals surface area contributed by atoms with Crippen molar-refractivity contribution in [3.8, 4) is 5.75 Å². The molecule has 0 unspecified atom stereocenters. The highest BCUT2D eigenvalue weighted by Gasteiger charge is 2.48. The number of benzene rings is 1. The summed E-state index contributed by atoms with van der Waals surface area (Å²) in [6.07, 6.45) is 3.04. The molecule has 6 heteroatoms. The second-order valence-corrected chi connectivity index (χ2v) is 18.3.